The van der Waals surface area contributed by atoms with Gasteiger partial charge in [0.1, 0.15) is 11.6 Å². The molecular formula is C18H19N3O2S. The lowest BCUT2D eigenvalue weighted by Gasteiger charge is -2.09. The van der Waals surface area contributed by atoms with Crippen LogP contribution in [0.1, 0.15) is 11.4 Å². The molecule has 0 fully saturated rings. The molecular weight excluding hydrogens is 322 g/mol. The molecule has 0 radical (unpaired) electrons. The number of thioether (sulfide) groups is 1. The zero-order valence-corrected chi connectivity index (χ0v) is 14.2. The first-order chi connectivity index (χ1) is 11.8. The molecule has 0 aliphatic rings. The number of fused-ring (bicyclic) bond motifs is 1. The minimum Gasteiger partial charge on any atom is -0.496 e. The van der Waals surface area contributed by atoms with Crippen LogP contribution in [0.2, 0.25) is 0 Å². The summed E-state index contributed by atoms with van der Waals surface area (Å²) in [6.45, 7) is 0.466. The smallest absolute Gasteiger partial charge is 0.230 e. The topological polar surface area (TPSA) is 67.0 Å². The van der Waals surface area contributed by atoms with Gasteiger partial charge in [0.15, 0.2) is 0 Å². The predicted molar refractivity (Wildman–Crippen MR) is 97.1 cm³/mol. The first-order valence-corrected chi connectivity index (χ1v) is 8.81. The Balaban J connectivity index is 1.45. The molecule has 6 heteroatoms. The molecule has 2 N–H and O–H groups in total. The van der Waals surface area contributed by atoms with Gasteiger partial charge in [0.25, 0.3) is 0 Å². The van der Waals surface area contributed by atoms with Crippen LogP contribution in [-0.2, 0) is 17.1 Å². The van der Waals surface area contributed by atoms with Gasteiger partial charge in [-0.15, -0.1) is 11.8 Å². The van der Waals surface area contributed by atoms with Crippen molar-refractivity contribution in [2.45, 2.75) is 12.3 Å². The maximum absolute atomic E-state index is 12.0. The Bertz CT molecular complexity index is 799. The molecule has 1 heterocycles. The SMILES string of the molecule is COc1ccccc1CNC(=O)CSCc1nc2ccccc2[nH]1. The van der Waals surface area contributed by atoms with Gasteiger partial charge in [-0.05, 0) is 18.2 Å². The predicted octanol–water partition coefficient (Wildman–Crippen LogP) is 3.12. The molecule has 2 aromatic carbocycles. The average Bonchev–Trinajstić information content (AvgIpc) is 3.03. The van der Waals surface area contributed by atoms with E-state index in [-0.39, 0.29) is 5.91 Å². The van der Waals surface area contributed by atoms with Gasteiger partial charge >= 0.3 is 0 Å². The molecule has 124 valence electrons. The van der Waals surface area contributed by atoms with Crippen LogP contribution in [0.4, 0.5) is 0 Å². The van der Waals surface area contributed by atoms with Gasteiger partial charge in [-0.1, -0.05) is 30.3 Å². The van der Waals surface area contributed by atoms with Crippen molar-refractivity contribution in [1.29, 1.82) is 0 Å². The Morgan fingerprint density at radius 1 is 1.21 bits per heavy atom. The highest BCUT2D eigenvalue weighted by molar-refractivity contribution is 7.99. The van der Waals surface area contributed by atoms with E-state index in [9.17, 15) is 4.79 Å². The molecule has 0 bridgehead atoms. The van der Waals surface area contributed by atoms with Crippen LogP contribution in [0.25, 0.3) is 11.0 Å². The van der Waals surface area contributed by atoms with E-state index >= 15 is 0 Å². The first-order valence-electron chi connectivity index (χ1n) is 7.66. The van der Waals surface area contributed by atoms with E-state index in [1.807, 2.05) is 48.5 Å². The maximum Gasteiger partial charge on any atom is 0.230 e. The van der Waals surface area contributed by atoms with Crippen molar-refractivity contribution < 1.29 is 9.53 Å². The van der Waals surface area contributed by atoms with E-state index < -0.39 is 0 Å². The summed E-state index contributed by atoms with van der Waals surface area (Å²) in [6.07, 6.45) is 0. The minimum absolute atomic E-state index is 0.00187. The van der Waals surface area contributed by atoms with Crippen LogP contribution in [0, 0.1) is 0 Å². The summed E-state index contributed by atoms with van der Waals surface area (Å²) in [7, 11) is 1.63. The number of nitrogens with zero attached hydrogens (tertiary/aromatic N) is 1. The summed E-state index contributed by atoms with van der Waals surface area (Å²) in [6, 6.07) is 15.6. The quantitative estimate of drug-likeness (QED) is 0.693. The van der Waals surface area contributed by atoms with Crippen molar-refractivity contribution in [3.63, 3.8) is 0 Å². The summed E-state index contributed by atoms with van der Waals surface area (Å²) in [5.41, 5.74) is 2.94. The van der Waals surface area contributed by atoms with Crippen molar-refractivity contribution in [2.75, 3.05) is 12.9 Å². The number of hydrogen-bond acceptors (Lipinski definition) is 4. The van der Waals surface area contributed by atoms with Crippen molar-refractivity contribution >= 4 is 28.7 Å². The number of aromatic amines is 1. The largest absolute Gasteiger partial charge is 0.496 e. The number of imidazole rings is 1. The fraction of sp³-hybridized carbons (Fsp3) is 0.222. The van der Waals surface area contributed by atoms with E-state index in [0.717, 1.165) is 28.2 Å². The number of carbonyl (C=O) groups is 1. The fourth-order valence-electron chi connectivity index (χ4n) is 2.41. The van der Waals surface area contributed by atoms with Crippen LogP contribution in [-0.4, -0.2) is 28.7 Å². The number of hydrogen-bond donors (Lipinski definition) is 2. The molecule has 0 saturated carbocycles. The third kappa shape index (κ3) is 4.08. The van der Waals surface area contributed by atoms with Gasteiger partial charge in [0.2, 0.25) is 5.91 Å². The minimum atomic E-state index is 0.00187. The lowest BCUT2D eigenvalue weighted by atomic mass is 10.2. The highest BCUT2D eigenvalue weighted by Gasteiger charge is 2.07. The number of rotatable bonds is 7. The van der Waals surface area contributed by atoms with Crippen LogP contribution in [0.3, 0.4) is 0 Å². The Morgan fingerprint density at radius 2 is 2.00 bits per heavy atom. The van der Waals surface area contributed by atoms with Crippen LogP contribution >= 0.6 is 11.8 Å². The van der Waals surface area contributed by atoms with Crippen LogP contribution in [0.5, 0.6) is 5.75 Å². The van der Waals surface area contributed by atoms with Crippen molar-refractivity contribution in [1.82, 2.24) is 15.3 Å². The molecule has 3 rings (SSSR count). The molecule has 1 amide bonds. The Labute approximate surface area is 144 Å². The number of benzene rings is 2. The number of ether oxygens (including phenoxy) is 1. The number of amides is 1. The Kier molecular flexibility index (Phi) is 5.38. The average molecular weight is 341 g/mol. The molecule has 0 spiro atoms. The first kappa shape index (κ1) is 16.4. The number of carbonyl (C=O) groups excluding carboxylic acids is 1. The van der Waals surface area contributed by atoms with Crippen LogP contribution < -0.4 is 10.1 Å². The van der Waals surface area contributed by atoms with E-state index in [1.54, 1.807) is 7.11 Å². The van der Waals surface area contributed by atoms with Crippen molar-refractivity contribution in [2.24, 2.45) is 0 Å². The third-order valence-corrected chi connectivity index (χ3v) is 4.52. The fourth-order valence-corrected chi connectivity index (χ4v) is 3.13. The van der Waals surface area contributed by atoms with E-state index in [2.05, 4.69) is 15.3 Å². The lowest BCUT2D eigenvalue weighted by Crippen LogP contribution is -2.24. The number of para-hydroxylation sites is 3. The normalized spacial score (nSPS) is 10.7. The van der Waals surface area contributed by atoms with E-state index in [0.29, 0.717) is 18.1 Å². The second-order valence-corrected chi connectivity index (χ2v) is 6.27. The number of aromatic nitrogens is 2. The Morgan fingerprint density at radius 3 is 2.83 bits per heavy atom. The summed E-state index contributed by atoms with van der Waals surface area (Å²) >= 11 is 1.54. The van der Waals surface area contributed by atoms with Gasteiger partial charge in [0, 0.05) is 12.1 Å². The van der Waals surface area contributed by atoms with Gasteiger partial charge in [-0.3, -0.25) is 4.79 Å². The zero-order chi connectivity index (χ0) is 16.8. The molecule has 0 aliphatic carbocycles. The molecule has 5 nitrogen and oxygen atoms in total. The molecule has 0 atom stereocenters. The molecule has 24 heavy (non-hydrogen) atoms. The highest BCUT2D eigenvalue weighted by Crippen LogP contribution is 2.17. The van der Waals surface area contributed by atoms with Crippen LogP contribution in [0.15, 0.2) is 48.5 Å². The summed E-state index contributed by atoms with van der Waals surface area (Å²) in [5.74, 6) is 2.75. The monoisotopic (exact) mass is 341 g/mol. The van der Waals surface area contributed by atoms with E-state index in [4.69, 9.17) is 4.74 Å². The summed E-state index contributed by atoms with van der Waals surface area (Å²) in [4.78, 5) is 19.7. The lowest BCUT2D eigenvalue weighted by molar-refractivity contribution is -0.118. The number of methoxy groups -OCH3 is 1. The highest BCUT2D eigenvalue weighted by atomic mass is 32.2. The Hall–Kier alpha value is -2.47. The van der Waals surface area contributed by atoms with Gasteiger partial charge in [-0.25, -0.2) is 4.98 Å². The van der Waals surface area contributed by atoms with Gasteiger partial charge in [-0.2, -0.15) is 0 Å². The third-order valence-electron chi connectivity index (χ3n) is 3.58. The number of nitrogens with one attached hydrogen (secondary N) is 2. The van der Waals surface area contributed by atoms with Crippen molar-refractivity contribution in [3.8, 4) is 5.75 Å². The summed E-state index contributed by atoms with van der Waals surface area (Å²) in [5, 5.41) is 2.92. The van der Waals surface area contributed by atoms with E-state index in [1.165, 1.54) is 11.8 Å². The molecule has 1 aromatic heterocycles. The second-order valence-electron chi connectivity index (χ2n) is 5.28. The second kappa shape index (κ2) is 7.88. The molecule has 0 aliphatic heterocycles. The summed E-state index contributed by atoms with van der Waals surface area (Å²) < 4.78 is 5.28. The molecule has 3 aromatic rings. The van der Waals surface area contributed by atoms with Gasteiger partial charge < -0.3 is 15.0 Å². The maximum atomic E-state index is 12.0. The van der Waals surface area contributed by atoms with Gasteiger partial charge in [0.05, 0.1) is 29.6 Å². The molecule has 0 unspecified atom stereocenters. The zero-order valence-electron chi connectivity index (χ0n) is 13.4. The van der Waals surface area contributed by atoms with Crippen molar-refractivity contribution in [3.05, 3.63) is 59.9 Å². The standard InChI is InChI=1S/C18H19N3O2S/c1-23-16-9-5-2-6-13(16)10-19-18(22)12-24-11-17-20-14-7-3-4-8-15(14)21-17/h2-9H,10-12H2,1H3,(H,19,22)(H,20,21). The number of H-pyrrole nitrogens is 1. The molecule has 0 saturated heterocycles.